The molecular weight excluding hydrogens is 196 g/mol. The van der Waals surface area contributed by atoms with Gasteiger partial charge in [-0.1, -0.05) is 11.6 Å². The molecule has 0 aromatic carbocycles. The minimum absolute atomic E-state index is 0.443. The van der Waals surface area contributed by atoms with Crippen molar-refractivity contribution in [2.45, 2.75) is 5.03 Å². The number of hydrogen-bond acceptors (Lipinski definition) is 4. The number of aromatic nitrogens is 4. The van der Waals surface area contributed by atoms with Crippen LogP contribution in [0, 0.1) is 0 Å². The molecule has 0 fully saturated rings. The van der Waals surface area contributed by atoms with Crippen LogP contribution in [-0.2, 0) is 0 Å². The van der Waals surface area contributed by atoms with Crippen LogP contribution in [0.5, 0.6) is 0 Å². The first-order valence-corrected chi connectivity index (χ1v) is 4.81. The molecule has 0 saturated carbocycles. The van der Waals surface area contributed by atoms with Crippen LogP contribution in [0.3, 0.4) is 0 Å². The van der Waals surface area contributed by atoms with Gasteiger partial charge in [-0.15, -0.1) is 11.8 Å². The van der Waals surface area contributed by atoms with Crippen LogP contribution in [0.1, 0.15) is 0 Å². The second kappa shape index (κ2) is 2.91. The molecule has 4 nitrogen and oxygen atoms in total. The Balaban J connectivity index is 2.83. The molecule has 0 atom stereocenters. The van der Waals surface area contributed by atoms with Gasteiger partial charge in [0.25, 0.3) is 0 Å². The van der Waals surface area contributed by atoms with E-state index in [1.54, 1.807) is 0 Å². The van der Waals surface area contributed by atoms with Crippen molar-refractivity contribution < 1.29 is 0 Å². The van der Waals surface area contributed by atoms with Crippen LogP contribution >= 0.6 is 23.4 Å². The van der Waals surface area contributed by atoms with Crippen molar-refractivity contribution in [3.8, 4) is 0 Å². The fourth-order valence-corrected chi connectivity index (χ4v) is 1.76. The van der Waals surface area contributed by atoms with Gasteiger partial charge in [0.05, 0.1) is 5.39 Å². The van der Waals surface area contributed by atoms with Crippen molar-refractivity contribution in [1.82, 2.24) is 20.2 Å². The van der Waals surface area contributed by atoms with Crippen molar-refractivity contribution >= 4 is 34.4 Å². The van der Waals surface area contributed by atoms with E-state index >= 15 is 0 Å². The number of nitrogens with one attached hydrogen (secondary N) is 1. The molecule has 0 bridgehead atoms. The van der Waals surface area contributed by atoms with Crippen LogP contribution in [0.2, 0.25) is 5.15 Å². The Kier molecular flexibility index (Phi) is 1.90. The van der Waals surface area contributed by atoms with Gasteiger partial charge in [0.1, 0.15) is 16.5 Å². The summed E-state index contributed by atoms with van der Waals surface area (Å²) in [5, 5.41) is 8.87. The lowest BCUT2D eigenvalue weighted by Gasteiger charge is -1.91. The first kappa shape index (κ1) is 7.82. The van der Waals surface area contributed by atoms with Gasteiger partial charge >= 0.3 is 0 Å². The van der Waals surface area contributed by atoms with Gasteiger partial charge in [-0.2, -0.15) is 5.10 Å². The summed E-state index contributed by atoms with van der Waals surface area (Å²) in [5.41, 5.74) is 0.680. The summed E-state index contributed by atoms with van der Waals surface area (Å²) in [6.45, 7) is 0. The van der Waals surface area contributed by atoms with E-state index in [1.807, 2.05) is 6.26 Å². The van der Waals surface area contributed by atoms with E-state index < -0.39 is 0 Å². The molecule has 1 N–H and O–H groups in total. The normalized spacial score (nSPS) is 10.8. The van der Waals surface area contributed by atoms with Gasteiger partial charge in [0, 0.05) is 0 Å². The average Bonchev–Trinajstić information content (AvgIpc) is 2.49. The van der Waals surface area contributed by atoms with Crippen molar-refractivity contribution in [2.24, 2.45) is 0 Å². The number of rotatable bonds is 1. The Morgan fingerprint density at radius 1 is 1.50 bits per heavy atom. The molecule has 2 aromatic heterocycles. The summed E-state index contributed by atoms with van der Waals surface area (Å²) < 4.78 is 0. The van der Waals surface area contributed by atoms with Gasteiger partial charge in [-0.25, -0.2) is 9.97 Å². The zero-order valence-electron chi connectivity index (χ0n) is 6.21. The molecule has 62 valence electrons. The van der Waals surface area contributed by atoms with Gasteiger partial charge in [-0.05, 0) is 6.26 Å². The van der Waals surface area contributed by atoms with Crippen LogP contribution in [0.4, 0.5) is 0 Å². The number of halogens is 1. The van der Waals surface area contributed by atoms with E-state index in [0.717, 1.165) is 10.4 Å². The number of hydrogen-bond donors (Lipinski definition) is 1. The highest BCUT2D eigenvalue weighted by molar-refractivity contribution is 7.98. The summed E-state index contributed by atoms with van der Waals surface area (Å²) in [5.74, 6) is 0. The summed E-state index contributed by atoms with van der Waals surface area (Å²) in [7, 11) is 0. The van der Waals surface area contributed by atoms with E-state index in [9.17, 15) is 0 Å². The lowest BCUT2D eigenvalue weighted by molar-refractivity contribution is 1.02. The largest absolute Gasteiger partial charge is 0.260 e. The van der Waals surface area contributed by atoms with Crippen LogP contribution < -0.4 is 0 Å². The highest BCUT2D eigenvalue weighted by atomic mass is 35.5. The second-order valence-electron chi connectivity index (χ2n) is 2.12. The zero-order valence-corrected chi connectivity index (χ0v) is 7.78. The molecule has 2 aromatic rings. The second-order valence-corrected chi connectivity index (χ2v) is 3.27. The Morgan fingerprint density at radius 2 is 2.33 bits per heavy atom. The first-order valence-electron chi connectivity index (χ1n) is 3.21. The van der Waals surface area contributed by atoms with Gasteiger partial charge in [-0.3, -0.25) is 5.10 Å². The molecule has 0 aliphatic rings. The van der Waals surface area contributed by atoms with E-state index in [-0.39, 0.29) is 0 Å². The smallest absolute Gasteiger partial charge is 0.161 e. The number of fused-ring (bicyclic) bond motifs is 1. The Labute approximate surface area is 77.7 Å². The summed E-state index contributed by atoms with van der Waals surface area (Å²) in [4.78, 5) is 7.85. The predicted octanol–water partition coefficient (Wildman–Crippen LogP) is 1.73. The van der Waals surface area contributed by atoms with E-state index in [4.69, 9.17) is 11.6 Å². The maximum atomic E-state index is 5.86. The zero-order chi connectivity index (χ0) is 8.55. The Morgan fingerprint density at radius 3 is 3.08 bits per heavy atom. The third-order valence-electron chi connectivity index (χ3n) is 1.47. The van der Waals surface area contributed by atoms with Crippen molar-refractivity contribution in [2.75, 3.05) is 6.26 Å². The first-order chi connectivity index (χ1) is 5.83. The molecule has 2 rings (SSSR count). The molecule has 0 radical (unpaired) electrons. The molecule has 0 aliphatic heterocycles. The average molecular weight is 201 g/mol. The molecule has 0 amide bonds. The van der Waals surface area contributed by atoms with Crippen LogP contribution in [-0.4, -0.2) is 26.4 Å². The Bertz CT molecular complexity index is 413. The standard InChI is InChI=1S/C6H5ClN4S/c1-12-6-3-4(7)8-2-9-5(3)10-11-6/h2H,1H3,(H,8,9,10,11). The fourth-order valence-electron chi connectivity index (χ4n) is 0.946. The van der Waals surface area contributed by atoms with Crippen LogP contribution in [0.25, 0.3) is 11.0 Å². The van der Waals surface area contributed by atoms with E-state index in [1.165, 1.54) is 18.1 Å². The minimum atomic E-state index is 0.443. The van der Waals surface area contributed by atoms with Crippen molar-refractivity contribution in [1.29, 1.82) is 0 Å². The summed E-state index contributed by atoms with van der Waals surface area (Å²) in [6, 6.07) is 0. The van der Waals surface area contributed by atoms with Gasteiger partial charge in [0.15, 0.2) is 5.65 Å². The molecule has 0 aliphatic carbocycles. The minimum Gasteiger partial charge on any atom is -0.260 e. The van der Waals surface area contributed by atoms with E-state index in [0.29, 0.717) is 10.8 Å². The van der Waals surface area contributed by atoms with Crippen LogP contribution in [0.15, 0.2) is 11.4 Å². The van der Waals surface area contributed by atoms with Crippen molar-refractivity contribution in [3.63, 3.8) is 0 Å². The fraction of sp³-hybridized carbons (Fsp3) is 0.167. The number of aromatic amines is 1. The molecule has 12 heavy (non-hydrogen) atoms. The highest BCUT2D eigenvalue weighted by Crippen LogP contribution is 2.26. The Hall–Kier alpha value is -0.810. The lowest BCUT2D eigenvalue weighted by atomic mass is 10.4. The maximum absolute atomic E-state index is 5.86. The molecule has 0 unspecified atom stereocenters. The number of nitrogens with zero attached hydrogens (tertiary/aromatic N) is 3. The summed E-state index contributed by atoms with van der Waals surface area (Å²) >= 11 is 7.37. The molecule has 2 heterocycles. The van der Waals surface area contributed by atoms with Gasteiger partial charge in [0.2, 0.25) is 0 Å². The number of thioether (sulfide) groups is 1. The monoisotopic (exact) mass is 200 g/mol. The topological polar surface area (TPSA) is 54.5 Å². The molecular formula is C6H5ClN4S. The van der Waals surface area contributed by atoms with Gasteiger partial charge < -0.3 is 0 Å². The third-order valence-corrected chi connectivity index (χ3v) is 2.44. The SMILES string of the molecule is CSc1n[nH]c2ncnc(Cl)c12. The van der Waals surface area contributed by atoms with Crippen molar-refractivity contribution in [3.05, 3.63) is 11.5 Å². The molecule has 6 heteroatoms. The summed E-state index contributed by atoms with van der Waals surface area (Å²) in [6.07, 6.45) is 3.34. The number of H-pyrrole nitrogens is 1. The predicted molar refractivity (Wildman–Crippen MR) is 48.5 cm³/mol. The molecule has 0 saturated heterocycles. The maximum Gasteiger partial charge on any atom is 0.161 e. The highest BCUT2D eigenvalue weighted by Gasteiger charge is 2.09. The quantitative estimate of drug-likeness (QED) is 0.563. The van der Waals surface area contributed by atoms with E-state index in [2.05, 4.69) is 20.2 Å². The molecule has 0 spiro atoms. The third kappa shape index (κ3) is 1.05. The lowest BCUT2D eigenvalue weighted by Crippen LogP contribution is -1.80.